The number of carbonyl (C=O) groups excluding carboxylic acids is 1. The van der Waals surface area contributed by atoms with Crippen LogP contribution in [0.15, 0.2) is 0 Å². The van der Waals surface area contributed by atoms with Gasteiger partial charge in [0.1, 0.15) is 0 Å². The van der Waals surface area contributed by atoms with Crippen molar-refractivity contribution in [3.05, 3.63) is 0 Å². The maximum Gasteiger partial charge on any atom is 0.223 e. The molecule has 0 aliphatic rings. The molecule has 0 aliphatic carbocycles. The van der Waals surface area contributed by atoms with Gasteiger partial charge in [-0.1, -0.05) is 13.3 Å². The molecule has 0 rings (SSSR count). The van der Waals surface area contributed by atoms with Crippen LogP contribution < -0.4 is 5.73 Å². The van der Waals surface area contributed by atoms with Crippen molar-refractivity contribution < 1.29 is 9.53 Å². The minimum atomic E-state index is 0.00683. The average molecular weight is 216 g/mol. The van der Waals surface area contributed by atoms with Gasteiger partial charge in [-0.05, 0) is 12.8 Å². The fourth-order valence-electron chi connectivity index (χ4n) is 1.42. The molecule has 1 unspecified atom stereocenters. The van der Waals surface area contributed by atoms with E-state index in [2.05, 4.69) is 6.92 Å². The van der Waals surface area contributed by atoms with E-state index in [4.69, 9.17) is 10.5 Å². The summed E-state index contributed by atoms with van der Waals surface area (Å²) >= 11 is 0. The van der Waals surface area contributed by atoms with Crippen molar-refractivity contribution in [1.82, 2.24) is 4.90 Å². The first kappa shape index (κ1) is 14.4. The Morgan fingerprint density at radius 2 is 2.20 bits per heavy atom. The predicted molar refractivity (Wildman–Crippen MR) is 61.6 cm³/mol. The van der Waals surface area contributed by atoms with Gasteiger partial charge in [0.05, 0.1) is 0 Å². The Bertz CT molecular complexity index is 174. The van der Waals surface area contributed by atoms with Crippen molar-refractivity contribution in [2.24, 2.45) is 5.73 Å². The number of nitrogens with two attached hydrogens (primary N) is 1. The number of methoxy groups -OCH3 is 1. The Morgan fingerprint density at radius 1 is 1.53 bits per heavy atom. The number of amides is 1. The lowest BCUT2D eigenvalue weighted by molar-refractivity contribution is -0.130. The maximum absolute atomic E-state index is 11.6. The van der Waals surface area contributed by atoms with Crippen molar-refractivity contribution >= 4 is 5.91 Å². The quantitative estimate of drug-likeness (QED) is 0.616. The average Bonchev–Trinajstić information content (AvgIpc) is 2.18. The number of carbonyl (C=O) groups is 1. The van der Waals surface area contributed by atoms with Gasteiger partial charge < -0.3 is 15.4 Å². The summed E-state index contributed by atoms with van der Waals surface area (Å²) in [6.07, 6.45) is 3.28. The zero-order chi connectivity index (χ0) is 11.7. The van der Waals surface area contributed by atoms with E-state index in [1.807, 2.05) is 7.05 Å². The van der Waals surface area contributed by atoms with E-state index in [-0.39, 0.29) is 11.9 Å². The van der Waals surface area contributed by atoms with Crippen molar-refractivity contribution in [3.8, 4) is 0 Å². The molecule has 4 nitrogen and oxygen atoms in total. The van der Waals surface area contributed by atoms with Crippen LogP contribution in [-0.2, 0) is 9.53 Å². The Hall–Kier alpha value is -0.610. The number of nitrogens with zero attached hydrogens (tertiary/aromatic N) is 1. The molecule has 0 saturated heterocycles. The van der Waals surface area contributed by atoms with E-state index in [1.54, 1.807) is 12.0 Å². The molecule has 0 fully saturated rings. The predicted octanol–water partition coefficient (Wildman–Crippen LogP) is 0.999. The third-order valence-electron chi connectivity index (χ3n) is 2.36. The molecule has 15 heavy (non-hydrogen) atoms. The molecular weight excluding hydrogens is 192 g/mol. The summed E-state index contributed by atoms with van der Waals surface area (Å²) in [5.41, 5.74) is 5.81. The Morgan fingerprint density at radius 3 is 2.73 bits per heavy atom. The van der Waals surface area contributed by atoms with Gasteiger partial charge in [-0.3, -0.25) is 4.79 Å². The van der Waals surface area contributed by atoms with Gasteiger partial charge in [0.2, 0.25) is 5.91 Å². The van der Waals surface area contributed by atoms with Gasteiger partial charge in [-0.15, -0.1) is 0 Å². The van der Waals surface area contributed by atoms with Crippen LogP contribution in [0.2, 0.25) is 0 Å². The highest BCUT2D eigenvalue weighted by molar-refractivity contribution is 5.76. The number of hydrogen-bond donors (Lipinski definition) is 1. The van der Waals surface area contributed by atoms with E-state index in [0.29, 0.717) is 13.0 Å². The molecule has 0 aliphatic heterocycles. The highest BCUT2D eigenvalue weighted by atomic mass is 16.5. The summed E-state index contributed by atoms with van der Waals surface area (Å²) in [6, 6.07) is 0.00683. The standard InChI is InChI=1S/C11H24N2O2/c1-4-6-10(12)9-11(14)13(2)7-5-8-15-3/h10H,4-9,12H2,1-3H3. The first-order valence-electron chi connectivity index (χ1n) is 5.60. The lowest BCUT2D eigenvalue weighted by Crippen LogP contribution is -2.34. The number of rotatable bonds is 8. The molecule has 1 amide bonds. The molecular formula is C11H24N2O2. The van der Waals surface area contributed by atoms with Crippen molar-refractivity contribution in [2.45, 2.75) is 38.6 Å². The molecule has 0 aromatic carbocycles. The smallest absolute Gasteiger partial charge is 0.223 e. The summed E-state index contributed by atoms with van der Waals surface area (Å²) in [5.74, 6) is 0.132. The van der Waals surface area contributed by atoms with E-state index >= 15 is 0 Å². The van der Waals surface area contributed by atoms with Gasteiger partial charge in [0.15, 0.2) is 0 Å². The van der Waals surface area contributed by atoms with Crippen molar-refractivity contribution in [3.63, 3.8) is 0 Å². The normalized spacial score (nSPS) is 12.5. The van der Waals surface area contributed by atoms with E-state index < -0.39 is 0 Å². The summed E-state index contributed by atoms with van der Waals surface area (Å²) in [4.78, 5) is 13.4. The molecule has 0 spiro atoms. The summed E-state index contributed by atoms with van der Waals surface area (Å²) in [5, 5.41) is 0. The monoisotopic (exact) mass is 216 g/mol. The lowest BCUT2D eigenvalue weighted by atomic mass is 10.1. The second kappa shape index (κ2) is 8.68. The largest absolute Gasteiger partial charge is 0.385 e. The Kier molecular flexibility index (Phi) is 8.33. The van der Waals surface area contributed by atoms with Crippen LogP contribution in [0.4, 0.5) is 0 Å². The van der Waals surface area contributed by atoms with E-state index in [9.17, 15) is 4.79 Å². The summed E-state index contributed by atoms with van der Waals surface area (Å²) in [6.45, 7) is 3.51. The molecule has 4 heteroatoms. The van der Waals surface area contributed by atoms with Crippen LogP contribution in [0, 0.1) is 0 Å². The van der Waals surface area contributed by atoms with Gasteiger partial charge in [-0.2, -0.15) is 0 Å². The van der Waals surface area contributed by atoms with Gasteiger partial charge in [-0.25, -0.2) is 0 Å². The van der Waals surface area contributed by atoms with Crippen LogP contribution in [0.25, 0.3) is 0 Å². The minimum absolute atomic E-state index is 0.00683. The van der Waals surface area contributed by atoms with Crippen molar-refractivity contribution in [2.75, 3.05) is 27.3 Å². The third-order valence-corrected chi connectivity index (χ3v) is 2.36. The van der Waals surface area contributed by atoms with Crippen LogP contribution >= 0.6 is 0 Å². The maximum atomic E-state index is 11.6. The number of ether oxygens (including phenoxy) is 1. The molecule has 1 atom stereocenters. The first-order valence-corrected chi connectivity index (χ1v) is 5.60. The minimum Gasteiger partial charge on any atom is -0.385 e. The molecule has 0 saturated carbocycles. The third kappa shape index (κ3) is 7.33. The van der Waals surface area contributed by atoms with Gasteiger partial charge in [0.25, 0.3) is 0 Å². The van der Waals surface area contributed by atoms with Gasteiger partial charge >= 0.3 is 0 Å². The summed E-state index contributed by atoms with van der Waals surface area (Å²) in [7, 11) is 3.48. The van der Waals surface area contributed by atoms with Gasteiger partial charge in [0, 0.05) is 39.8 Å². The molecule has 0 aromatic heterocycles. The van der Waals surface area contributed by atoms with E-state index in [0.717, 1.165) is 25.8 Å². The molecule has 2 N–H and O–H groups in total. The highest BCUT2D eigenvalue weighted by Gasteiger charge is 2.12. The fraction of sp³-hybridized carbons (Fsp3) is 0.909. The molecule has 0 radical (unpaired) electrons. The Labute approximate surface area is 92.8 Å². The molecule has 0 aromatic rings. The first-order chi connectivity index (χ1) is 7.11. The summed E-state index contributed by atoms with van der Waals surface area (Å²) < 4.78 is 4.93. The van der Waals surface area contributed by atoms with Crippen LogP contribution in [0.5, 0.6) is 0 Å². The van der Waals surface area contributed by atoms with Crippen LogP contribution in [-0.4, -0.2) is 44.2 Å². The topological polar surface area (TPSA) is 55.6 Å². The molecule has 90 valence electrons. The second-order valence-corrected chi connectivity index (χ2v) is 3.91. The lowest BCUT2D eigenvalue weighted by Gasteiger charge is -2.19. The highest BCUT2D eigenvalue weighted by Crippen LogP contribution is 2.01. The SMILES string of the molecule is CCCC(N)CC(=O)N(C)CCCOC. The fourth-order valence-corrected chi connectivity index (χ4v) is 1.42. The zero-order valence-electron chi connectivity index (χ0n) is 10.2. The van der Waals surface area contributed by atoms with E-state index in [1.165, 1.54) is 0 Å². The van der Waals surface area contributed by atoms with Crippen LogP contribution in [0.1, 0.15) is 32.6 Å². The second-order valence-electron chi connectivity index (χ2n) is 3.91. The Balaban J connectivity index is 3.68. The number of hydrogen-bond acceptors (Lipinski definition) is 3. The zero-order valence-corrected chi connectivity index (χ0v) is 10.2. The molecule has 0 bridgehead atoms. The van der Waals surface area contributed by atoms with Crippen LogP contribution in [0.3, 0.4) is 0 Å². The molecule has 0 heterocycles. The van der Waals surface area contributed by atoms with Crippen molar-refractivity contribution in [1.29, 1.82) is 0 Å².